The van der Waals surface area contributed by atoms with E-state index in [1.807, 2.05) is 14.0 Å². The maximum atomic E-state index is 15.4. The van der Waals surface area contributed by atoms with E-state index in [9.17, 15) is 19.2 Å². The molecule has 11 nitrogen and oxygen atoms in total. The second-order valence-corrected chi connectivity index (χ2v) is 12.2. The van der Waals surface area contributed by atoms with Crippen LogP contribution in [0.25, 0.3) is 0 Å². The van der Waals surface area contributed by atoms with E-state index in [0.29, 0.717) is 43.2 Å². The molecular weight excluding hydrogens is 577 g/mol. The van der Waals surface area contributed by atoms with Gasteiger partial charge in [0.1, 0.15) is 23.6 Å². The molecule has 1 aromatic heterocycles. The molecule has 0 unspecified atom stereocenters. The first-order chi connectivity index (χ1) is 21.7. The van der Waals surface area contributed by atoms with E-state index in [1.54, 1.807) is 34.8 Å². The van der Waals surface area contributed by atoms with Crippen molar-refractivity contribution in [2.45, 2.75) is 90.3 Å². The number of benzene rings is 1. The van der Waals surface area contributed by atoms with Crippen LogP contribution in [0.1, 0.15) is 81.3 Å². The van der Waals surface area contributed by atoms with Gasteiger partial charge >= 0.3 is 0 Å². The highest BCUT2D eigenvalue weighted by molar-refractivity contribution is 6.00. The van der Waals surface area contributed by atoms with Crippen LogP contribution in [0, 0.1) is 11.7 Å². The minimum Gasteiger partial charge on any atom is -0.344 e. The molecule has 2 atom stereocenters. The quantitative estimate of drug-likeness (QED) is 0.313. The molecule has 2 aliphatic rings. The lowest BCUT2D eigenvalue weighted by molar-refractivity contribution is -0.137. The molecule has 1 aromatic carbocycles. The number of carbonyl (C=O) groups excluding carboxylic acids is 4. The summed E-state index contributed by atoms with van der Waals surface area (Å²) in [6.45, 7) is 6.72. The van der Waals surface area contributed by atoms with E-state index in [0.717, 1.165) is 32.4 Å². The van der Waals surface area contributed by atoms with E-state index >= 15 is 4.39 Å². The molecule has 1 aliphatic heterocycles. The Kier molecular flexibility index (Phi) is 12.5. The van der Waals surface area contributed by atoms with E-state index in [4.69, 9.17) is 0 Å². The molecular formula is C33H48FN7O4. The summed E-state index contributed by atoms with van der Waals surface area (Å²) in [6.07, 6.45) is 8.91. The van der Waals surface area contributed by atoms with E-state index in [1.165, 1.54) is 31.4 Å². The van der Waals surface area contributed by atoms with Crippen LogP contribution in [0.4, 0.5) is 10.1 Å². The lowest BCUT2D eigenvalue weighted by atomic mass is 9.85. The average Bonchev–Trinajstić information content (AvgIpc) is 3.53. The first kappa shape index (κ1) is 34.1. The Labute approximate surface area is 265 Å². The van der Waals surface area contributed by atoms with Gasteiger partial charge in [-0.05, 0) is 56.5 Å². The van der Waals surface area contributed by atoms with E-state index < -0.39 is 29.7 Å². The Balaban J connectivity index is 1.45. The molecule has 12 heteroatoms. The molecule has 1 saturated heterocycles. The van der Waals surface area contributed by atoms with Crippen LogP contribution in [-0.2, 0) is 27.3 Å². The van der Waals surface area contributed by atoms with Crippen molar-refractivity contribution in [3.05, 3.63) is 47.5 Å². The lowest BCUT2D eigenvalue weighted by Gasteiger charge is -2.34. The average molecular weight is 626 g/mol. The van der Waals surface area contributed by atoms with Crippen LogP contribution in [0.15, 0.2) is 30.5 Å². The summed E-state index contributed by atoms with van der Waals surface area (Å²) < 4.78 is 17.0. The number of piperazine rings is 1. The van der Waals surface area contributed by atoms with Crippen molar-refractivity contribution in [2.75, 3.05) is 38.5 Å². The van der Waals surface area contributed by atoms with Gasteiger partial charge in [-0.25, -0.2) is 4.39 Å². The van der Waals surface area contributed by atoms with Crippen molar-refractivity contribution in [1.29, 1.82) is 0 Å². The normalized spacial score (nSPS) is 17.4. The zero-order valence-electron chi connectivity index (χ0n) is 26.8. The number of carbonyl (C=O) groups is 4. The van der Waals surface area contributed by atoms with Crippen molar-refractivity contribution in [2.24, 2.45) is 5.92 Å². The van der Waals surface area contributed by atoms with Crippen LogP contribution in [0.5, 0.6) is 0 Å². The fourth-order valence-corrected chi connectivity index (χ4v) is 6.14. The molecule has 2 heterocycles. The van der Waals surface area contributed by atoms with Crippen molar-refractivity contribution in [3.63, 3.8) is 0 Å². The largest absolute Gasteiger partial charge is 0.344 e. The third-order valence-corrected chi connectivity index (χ3v) is 8.96. The molecule has 0 spiro atoms. The molecule has 4 rings (SSSR count). The minimum atomic E-state index is -0.853. The van der Waals surface area contributed by atoms with Gasteiger partial charge in [0.25, 0.3) is 5.91 Å². The highest BCUT2D eigenvalue weighted by Gasteiger charge is 2.29. The van der Waals surface area contributed by atoms with Gasteiger partial charge in [-0.15, -0.1) is 0 Å². The number of likely N-dealkylation sites (N-methyl/N-ethyl adjacent to an activating group) is 1. The molecule has 246 valence electrons. The zero-order chi connectivity index (χ0) is 32.3. The summed E-state index contributed by atoms with van der Waals surface area (Å²) in [5.41, 5.74) is 0.863. The number of aromatic nitrogens is 2. The standard InChI is InChI=1S/C33H48FN7O4/c1-4-30(42)36-28(33(45)40-19-17-39(3)18-20-40)22-24-12-13-26(25(34)21-24)37-31(43)27(14-11-23-9-7-6-8-10-23)38-32(44)29-15-16-35-41(29)5-2/h12-13,15-16,21,23,27-28H,4-11,14,17-20,22H2,1-3H3,(H,36,42)(H,37,43)(H,38,44)/t27-,28+/m0/s1. The molecule has 1 saturated carbocycles. The predicted molar refractivity (Wildman–Crippen MR) is 170 cm³/mol. The minimum absolute atomic E-state index is 0.0150. The van der Waals surface area contributed by atoms with Crippen molar-refractivity contribution < 1.29 is 23.6 Å². The maximum Gasteiger partial charge on any atom is 0.270 e. The monoisotopic (exact) mass is 625 g/mol. The van der Waals surface area contributed by atoms with Crippen LogP contribution >= 0.6 is 0 Å². The number of anilines is 1. The Bertz CT molecular complexity index is 1320. The van der Waals surface area contributed by atoms with Gasteiger partial charge in [-0.3, -0.25) is 23.9 Å². The highest BCUT2D eigenvalue weighted by atomic mass is 19.1. The smallest absolute Gasteiger partial charge is 0.270 e. The van der Waals surface area contributed by atoms with Gasteiger partial charge in [0.15, 0.2) is 0 Å². The van der Waals surface area contributed by atoms with Gasteiger partial charge < -0.3 is 25.8 Å². The molecule has 0 radical (unpaired) electrons. The Morgan fingerprint density at radius 3 is 2.38 bits per heavy atom. The van der Waals surface area contributed by atoms with Crippen LogP contribution in [-0.4, -0.2) is 88.5 Å². The summed E-state index contributed by atoms with van der Waals surface area (Å²) in [7, 11) is 2.00. The first-order valence-corrected chi connectivity index (χ1v) is 16.4. The lowest BCUT2D eigenvalue weighted by Crippen LogP contribution is -2.54. The number of nitrogens with zero attached hydrogens (tertiary/aromatic N) is 4. The molecule has 1 aliphatic carbocycles. The number of aryl methyl sites for hydroxylation is 1. The Morgan fingerprint density at radius 2 is 1.71 bits per heavy atom. The molecule has 2 aromatic rings. The summed E-state index contributed by atoms with van der Waals surface area (Å²) >= 11 is 0. The number of hydrogen-bond acceptors (Lipinski definition) is 6. The van der Waals surface area contributed by atoms with Crippen LogP contribution in [0.3, 0.4) is 0 Å². The molecule has 4 amide bonds. The molecule has 0 bridgehead atoms. The number of nitrogens with one attached hydrogen (secondary N) is 3. The second-order valence-electron chi connectivity index (χ2n) is 12.2. The number of amides is 4. The SMILES string of the molecule is CCC(=O)N[C@H](Cc1ccc(NC(=O)[C@H](CCC2CCCCC2)NC(=O)c2ccnn2CC)c(F)c1)C(=O)N1CCN(C)CC1. The van der Waals surface area contributed by atoms with Crippen LogP contribution in [0.2, 0.25) is 0 Å². The molecule has 2 fully saturated rings. The summed E-state index contributed by atoms with van der Waals surface area (Å²) in [6, 6.07) is 4.33. The summed E-state index contributed by atoms with van der Waals surface area (Å²) in [4.78, 5) is 56.0. The first-order valence-electron chi connectivity index (χ1n) is 16.4. The topological polar surface area (TPSA) is 129 Å². The van der Waals surface area contributed by atoms with Gasteiger partial charge in [0.2, 0.25) is 17.7 Å². The van der Waals surface area contributed by atoms with Crippen molar-refractivity contribution in [1.82, 2.24) is 30.2 Å². The molecule has 3 N–H and O–H groups in total. The van der Waals surface area contributed by atoms with E-state index in [-0.39, 0.29) is 30.3 Å². The maximum absolute atomic E-state index is 15.4. The van der Waals surface area contributed by atoms with Gasteiger partial charge in [-0.1, -0.05) is 45.1 Å². The number of hydrogen-bond donors (Lipinski definition) is 3. The fourth-order valence-electron chi connectivity index (χ4n) is 6.14. The number of rotatable bonds is 13. The van der Waals surface area contributed by atoms with Gasteiger partial charge in [0, 0.05) is 51.8 Å². The predicted octanol–water partition coefficient (Wildman–Crippen LogP) is 3.35. The summed E-state index contributed by atoms with van der Waals surface area (Å²) in [5, 5.41) is 12.5. The highest BCUT2D eigenvalue weighted by Crippen LogP contribution is 2.28. The fraction of sp³-hybridized carbons (Fsp3) is 0.606. The number of halogens is 1. The van der Waals surface area contributed by atoms with Gasteiger partial charge in [0.05, 0.1) is 5.69 Å². The summed E-state index contributed by atoms with van der Waals surface area (Å²) in [5.74, 6) is -1.50. The van der Waals surface area contributed by atoms with E-state index in [2.05, 4.69) is 25.9 Å². The molecule has 45 heavy (non-hydrogen) atoms. The Morgan fingerprint density at radius 1 is 0.978 bits per heavy atom. The third-order valence-electron chi connectivity index (χ3n) is 8.96. The zero-order valence-corrected chi connectivity index (χ0v) is 26.8. The second kappa shape index (κ2) is 16.5. The van der Waals surface area contributed by atoms with Crippen molar-refractivity contribution >= 4 is 29.3 Å². The van der Waals surface area contributed by atoms with Crippen molar-refractivity contribution in [3.8, 4) is 0 Å². The van der Waals surface area contributed by atoms with Gasteiger partial charge in [-0.2, -0.15) is 5.10 Å². The third kappa shape index (κ3) is 9.59. The van der Waals surface area contributed by atoms with Crippen LogP contribution < -0.4 is 16.0 Å². The Hall–Kier alpha value is -3.80.